The molecule has 1 atom stereocenters. The molecule has 27 heavy (non-hydrogen) atoms. The lowest BCUT2D eigenvalue weighted by atomic mass is 10.1. The predicted molar refractivity (Wildman–Crippen MR) is 106 cm³/mol. The number of pyridine rings is 2. The molecule has 1 aliphatic heterocycles. The van der Waals surface area contributed by atoms with Crippen LogP contribution in [0.5, 0.6) is 0 Å². The van der Waals surface area contributed by atoms with Gasteiger partial charge < -0.3 is 19.6 Å². The summed E-state index contributed by atoms with van der Waals surface area (Å²) in [4.78, 5) is 19.4. The van der Waals surface area contributed by atoms with Crippen molar-refractivity contribution < 1.29 is 0 Å². The molecule has 7 heteroatoms. The normalized spacial score (nSPS) is 18.0. The van der Waals surface area contributed by atoms with Crippen LogP contribution in [0.1, 0.15) is 37.2 Å². The lowest BCUT2D eigenvalue weighted by molar-refractivity contribution is 0.462. The van der Waals surface area contributed by atoms with Crippen molar-refractivity contribution in [3.63, 3.8) is 0 Å². The van der Waals surface area contributed by atoms with Crippen LogP contribution >= 0.6 is 0 Å². The molecule has 0 saturated carbocycles. The summed E-state index contributed by atoms with van der Waals surface area (Å²) in [6, 6.07) is 8.53. The van der Waals surface area contributed by atoms with Gasteiger partial charge in [0.25, 0.3) is 0 Å². The van der Waals surface area contributed by atoms with Crippen molar-refractivity contribution in [2.75, 3.05) is 24.5 Å². The van der Waals surface area contributed by atoms with Crippen LogP contribution in [0.2, 0.25) is 0 Å². The Hall–Kier alpha value is -2.93. The zero-order valence-corrected chi connectivity index (χ0v) is 15.6. The molecule has 0 aliphatic carbocycles. The molecule has 0 amide bonds. The van der Waals surface area contributed by atoms with Gasteiger partial charge in [0.1, 0.15) is 11.2 Å². The second-order valence-electron chi connectivity index (χ2n) is 7.39. The van der Waals surface area contributed by atoms with Crippen molar-refractivity contribution in [2.24, 2.45) is 0 Å². The number of imidazole rings is 2. The van der Waals surface area contributed by atoms with E-state index >= 15 is 0 Å². The molecule has 7 nitrogen and oxygen atoms in total. The number of aromatic amines is 1. The first-order valence-electron chi connectivity index (χ1n) is 9.45. The predicted octanol–water partition coefficient (Wildman–Crippen LogP) is 2.88. The summed E-state index contributed by atoms with van der Waals surface area (Å²) >= 11 is 0. The van der Waals surface area contributed by atoms with E-state index in [0.29, 0.717) is 5.92 Å². The smallest absolute Gasteiger partial charge is 0.179 e. The molecule has 5 rings (SSSR count). The number of nitrogens with zero attached hydrogens (tertiary/aromatic N) is 5. The highest BCUT2D eigenvalue weighted by Crippen LogP contribution is 2.30. The van der Waals surface area contributed by atoms with Gasteiger partial charge in [-0.1, -0.05) is 19.9 Å². The van der Waals surface area contributed by atoms with Crippen LogP contribution in [0, 0.1) is 0 Å². The van der Waals surface area contributed by atoms with Gasteiger partial charge in [-0.25, -0.2) is 15.0 Å². The van der Waals surface area contributed by atoms with Gasteiger partial charge >= 0.3 is 0 Å². The molecule has 138 valence electrons. The summed E-state index contributed by atoms with van der Waals surface area (Å²) in [5.41, 5.74) is 6.23. The third-order valence-electron chi connectivity index (χ3n) is 5.31. The van der Waals surface area contributed by atoms with Gasteiger partial charge in [0.15, 0.2) is 5.65 Å². The number of piperazine rings is 1. The Morgan fingerprint density at radius 3 is 3.04 bits per heavy atom. The highest BCUT2D eigenvalue weighted by molar-refractivity contribution is 5.86. The third-order valence-corrected chi connectivity index (χ3v) is 5.31. The van der Waals surface area contributed by atoms with Gasteiger partial charge in [-0.15, -0.1) is 0 Å². The second kappa shape index (κ2) is 6.35. The summed E-state index contributed by atoms with van der Waals surface area (Å²) in [5.74, 6) is 0.363. The summed E-state index contributed by atoms with van der Waals surface area (Å²) in [6.45, 7) is 7.08. The molecular weight excluding hydrogens is 338 g/mol. The van der Waals surface area contributed by atoms with Crippen LogP contribution in [0.3, 0.4) is 0 Å². The van der Waals surface area contributed by atoms with Crippen molar-refractivity contribution in [2.45, 2.75) is 25.8 Å². The highest BCUT2D eigenvalue weighted by atomic mass is 15.2. The van der Waals surface area contributed by atoms with E-state index in [1.807, 2.05) is 24.4 Å². The Labute approximate surface area is 157 Å². The summed E-state index contributed by atoms with van der Waals surface area (Å²) < 4.78 is 2.17. The van der Waals surface area contributed by atoms with E-state index in [9.17, 15) is 0 Å². The van der Waals surface area contributed by atoms with Gasteiger partial charge in [-0.3, -0.25) is 0 Å². The van der Waals surface area contributed by atoms with Crippen molar-refractivity contribution >= 4 is 22.5 Å². The first-order chi connectivity index (χ1) is 13.2. The van der Waals surface area contributed by atoms with E-state index in [2.05, 4.69) is 55.7 Å². The molecule has 4 aromatic heterocycles. The van der Waals surface area contributed by atoms with Crippen LogP contribution in [0.15, 0.2) is 43.0 Å². The number of fused-ring (bicyclic) bond motifs is 2. The van der Waals surface area contributed by atoms with Crippen molar-refractivity contribution in [1.29, 1.82) is 0 Å². The average molecular weight is 361 g/mol. The van der Waals surface area contributed by atoms with E-state index in [0.717, 1.165) is 42.1 Å². The van der Waals surface area contributed by atoms with E-state index in [4.69, 9.17) is 4.98 Å². The standard InChI is InChI=1S/C20H23N7/c1-13(2)14-9-16(19-20(25-14)24-12-23-19)26-8-6-21-15(11-26)17-10-22-18-5-3-4-7-27(17)18/h3-5,7,9-10,12-13,15,21H,6,8,11H2,1-2H3,(H,23,24,25)/t15-/m0/s1. The molecule has 0 spiro atoms. The van der Waals surface area contributed by atoms with Crippen LogP contribution in [-0.4, -0.2) is 44.0 Å². The Morgan fingerprint density at radius 1 is 1.22 bits per heavy atom. The number of aromatic nitrogens is 5. The topological polar surface area (TPSA) is 74.1 Å². The zero-order valence-electron chi connectivity index (χ0n) is 15.6. The lowest BCUT2D eigenvalue weighted by Crippen LogP contribution is -2.46. The number of anilines is 1. The molecule has 0 unspecified atom stereocenters. The quantitative estimate of drug-likeness (QED) is 0.587. The molecule has 5 heterocycles. The lowest BCUT2D eigenvalue weighted by Gasteiger charge is -2.35. The number of hydrogen-bond acceptors (Lipinski definition) is 5. The second-order valence-corrected chi connectivity index (χ2v) is 7.39. The summed E-state index contributed by atoms with van der Waals surface area (Å²) in [5, 5.41) is 3.65. The Bertz CT molecular complexity index is 1090. The molecule has 4 aromatic rings. The molecular formula is C20H23N7. The molecule has 0 aromatic carbocycles. The highest BCUT2D eigenvalue weighted by Gasteiger charge is 2.25. The maximum atomic E-state index is 4.70. The Kier molecular flexibility index (Phi) is 3.82. The molecule has 1 fully saturated rings. The first kappa shape index (κ1) is 16.3. The zero-order chi connectivity index (χ0) is 18.4. The molecule has 0 bridgehead atoms. The van der Waals surface area contributed by atoms with Gasteiger partial charge in [-0.2, -0.15) is 0 Å². The molecule has 0 radical (unpaired) electrons. The minimum atomic E-state index is 0.213. The van der Waals surface area contributed by atoms with Crippen molar-refractivity contribution in [1.82, 2.24) is 29.7 Å². The van der Waals surface area contributed by atoms with Crippen LogP contribution in [0.25, 0.3) is 16.8 Å². The van der Waals surface area contributed by atoms with Gasteiger partial charge in [-0.05, 0) is 24.1 Å². The number of rotatable bonds is 3. The maximum Gasteiger partial charge on any atom is 0.179 e. The fourth-order valence-corrected chi connectivity index (χ4v) is 3.85. The van der Waals surface area contributed by atoms with E-state index in [1.165, 1.54) is 11.4 Å². The fraction of sp³-hybridized carbons (Fsp3) is 0.350. The summed E-state index contributed by atoms with van der Waals surface area (Å²) in [7, 11) is 0. The maximum absolute atomic E-state index is 4.70. The summed E-state index contributed by atoms with van der Waals surface area (Å²) in [6.07, 6.45) is 5.79. The van der Waals surface area contributed by atoms with Crippen LogP contribution < -0.4 is 10.2 Å². The van der Waals surface area contributed by atoms with Gasteiger partial charge in [0, 0.05) is 31.5 Å². The van der Waals surface area contributed by atoms with E-state index in [-0.39, 0.29) is 6.04 Å². The van der Waals surface area contributed by atoms with E-state index in [1.54, 1.807) is 6.33 Å². The largest absolute Gasteiger partial charge is 0.366 e. The monoisotopic (exact) mass is 361 g/mol. The van der Waals surface area contributed by atoms with Gasteiger partial charge in [0.05, 0.1) is 29.9 Å². The molecule has 1 aliphatic rings. The number of hydrogen-bond donors (Lipinski definition) is 2. The van der Waals surface area contributed by atoms with Crippen molar-refractivity contribution in [3.8, 4) is 0 Å². The van der Waals surface area contributed by atoms with Crippen LogP contribution in [-0.2, 0) is 0 Å². The molecule has 1 saturated heterocycles. The first-order valence-corrected chi connectivity index (χ1v) is 9.45. The Morgan fingerprint density at radius 2 is 2.15 bits per heavy atom. The Balaban J connectivity index is 1.53. The minimum absolute atomic E-state index is 0.213. The fourth-order valence-electron chi connectivity index (χ4n) is 3.85. The van der Waals surface area contributed by atoms with E-state index < -0.39 is 0 Å². The third kappa shape index (κ3) is 2.75. The minimum Gasteiger partial charge on any atom is -0.366 e. The SMILES string of the molecule is CC(C)c1cc(N2CCN[C@H](c3cnc4ccccn34)C2)c2[nH]cnc2n1. The van der Waals surface area contributed by atoms with Gasteiger partial charge in [0.2, 0.25) is 0 Å². The average Bonchev–Trinajstić information content (AvgIpc) is 3.34. The van der Waals surface area contributed by atoms with Crippen molar-refractivity contribution in [3.05, 3.63) is 54.4 Å². The molecule has 2 N–H and O–H groups in total. The number of H-pyrrole nitrogens is 1. The van der Waals surface area contributed by atoms with Crippen LogP contribution in [0.4, 0.5) is 5.69 Å². The number of nitrogens with one attached hydrogen (secondary N) is 2.